The minimum Gasteiger partial charge on any atom is -0.507 e. The molecular formula is C14H20FNO3. The van der Waals surface area contributed by atoms with E-state index >= 15 is 0 Å². The van der Waals surface area contributed by atoms with Gasteiger partial charge < -0.3 is 9.84 Å². The van der Waals surface area contributed by atoms with E-state index in [-0.39, 0.29) is 23.1 Å². The molecule has 0 radical (unpaired) electrons. The van der Waals surface area contributed by atoms with Gasteiger partial charge in [0.1, 0.15) is 11.6 Å². The summed E-state index contributed by atoms with van der Waals surface area (Å²) < 4.78 is 18.5. The average Bonchev–Trinajstić information content (AvgIpc) is 2.33. The van der Waals surface area contributed by atoms with Crippen LogP contribution in [0, 0.1) is 5.82 Å². The van der Waals surface area contributed by atoms with Crippen LogP contribution in [0.2, 0.25) is 0 Å². The van der Waals surface area contributed by atoms with Crippen LogP contribution in [0.15, 0.2) is 12.1 Å². The standard InChI is InChI=1S/C14H20FNO3/c1-9(8-19-4)16(3)7-11-5-12(15)6-13(10(2)17)14(11)18/h5-6,9,18H,7-8H2,1-4H3. The maximum Gasteiger partial charge on any atom is 0.163 e. The van der Waals surface area contributed by atoms with Gasteiger partial charge in [0, 0.05) is 25.3 Å². The van der Waals surface area contributed by atoms with Crippen molar-refractivity contribution < 1.29 is 19.0 Å². The van der Waals surface area contributed by atoms with Crippen LogP contribution >= 0.6 is 0 Å². The van der Waals surface area contributed by atoms with Gasteiger partial charge in [-0.05, 0) is 33.0 Å². The van der Waals surface area contributed by atoms with Crippen molar-refractivity contribution in [3.8, 4) is 5.75 Å². The summed E-state index contributed by atoms with van der Waals surface area (Å²) in [5.41, 5.74) is 0.415. The SMILES string of the molecule is COCC(C)N(C)Cc1cc(F)cc(C(C)=O)c1O. The average molecular weight is 269 g/mol. The van der Waals surface area contributed by atoms with Crippen LogP contribution in [0.1, 0.15) is 29.8 Å². The molecular weight excluding hydrogens is 249 g/mol. The molecule has 0 aliphatic rings. The molecule has 1 N–H and O–H groups in total. The number of hydrogen-bond donors (Lipinski definition) is 1. The highest BCUT2D eigenvalue weighted by molar-refractivity contribution is 5.97. The Morgan fingerprint density at radius 3 is 2.68 bits per heavy atom. The first-order valence-electron chi connectivity index (χ1n) is 6.08. The summed E-state index contributed by atoms with van der Waals surface area (Å²) in [6, 6.07) is 2.42. The molecule has 1 rings (SSSR count). The van der Waals surface area contributed by atoms with E-state index in [1.54, 1.807) is 7.11 Å². The van der Waals surface area contributed by atoms with Gasteiger partial charge >= 0.3 is 0 Å². The van der Waals surface area contributed by atoms with E-state index in [0.29, 0.717) is 18.7 Å². The van der Waals surface area contributed by atoms with Crippen LogP contribution in [-0.4, -0.2) is 42.6 Å². The quantitative estimate of drug-likeness (QED) is 0.804. The molecule has 4 nitrogen and oxygen atoms in total. The van der Waals surface area contributed by atoms with E-state index in [1.807, 2.05) is 18.9 Å². The molecule has 106 valence electrons. The lowest BCUT2D eigenvalue weighted by Gasteiger charge is -2.24. The summed E-state index contributed by atoms with van der Waals surface area (Å²) in [5, 5.41) is 10.00. The number of ketones is 1. The fourth-order valence-corrected chi connectivity index (χ4v) is 1.84. The second-order valence-corrected chi connectivity index (χ2v) is 4.74. The maximum absolute atomic E-state index is 13.5. The van der Waals surface area contributed by atoms with E-state index in [9.17, 15) is 14.3 Å². The Kier molecular flexibility index (Phi) is 5.44. The minimum atomic E-state index is -0.522. The van der Waals surface area contributed by atoms with Crippen LogP contribution in [0.3, 0.4) is 0 Å². The Balaban J connectivity index is 2.98. The third-order valence-corrected chi connectivity index (χ3v) is 3.11. The topological polar surface area (TPSA) is 49.8 Å². The Morgan fingerprint density at radius 1 is 1.53 bits per heavy atom. The fourth-order valence-electron chi connectivity index (χ4n) is 1.84. The van der Waals surface area contributed by atoms with E-state index in [0.717, 1.165) is 6.07 Å². The second-order valence-electron chi connectivity index (χ2n) is 4.74. The predicted octanol–water partition coefficient (Wildman–Crippen LogP) is 2.20. The van der Waals surface area contributed by atoms with Crippen LogP contribution in [0.4, 0.5) is 4.39 Å². The molecule has 0 saturated carbocycles. The zero-order valence-corrected chi connectivity index (χ0v) is 11.7. The van der Waals surface area contributed by atoms with Crippen molar-refractivity contribution >= 4 is 5.78 Å². The number of hydrogen-bond acceptors (Lipinski definition) is 4. The zero-order valence-electron chi connectivity index (χ0n) is 11.7. The number of ether oxygens (including phenoxy) is 1. The number of aromatic hydroxyl groups is 1. The normalized spacial score (nSPS) is 12.7. The number of methoxy groups -OCH3 is 1. The summed E-state index contributed by atoms with van der Waals surface area (Å²) in [7, 11) is 3.46. The number of phenols is 1. The molecule has 1 atom stereocenters. The van der Waals surface area contributed by atoms with Gasteiger partial charge in [-0.15, -0.1) is 0 Å². The van der Waals surface area contributed by atoms with Crippen molar-refractivity contribution in [2.24, 2.45) is 0 Å². The lowest BCUT2D eigenvalue weighted by Crippen LogP contribution is -2.32. The largest absolute Gasteiger partial charge is 0.507 e. The maximum atomic E-state index is 13.5. The zero-order chi connectivity index (χ0) is 14.6. The summed E-state index contributed by atoms with van der Waals surface area (Å²) in [4.78, 5) is 13.3. The van der Waals surface area contributed by atoms with Crippen LogP contribution < -0.4 is 0 Å². The van der Waals surface area contributed by atoms with Crippen LogP contribution in [-0.2, 0) is 11.3 Å². The van der Waals surface area contributed by atoms with Gasteiger partial charge in [0.2, 0.25) is 0 Å². The highest BCUT2D eigenvalue weighted by atomic mass is 19.1. The smallest absolute Gasteiger partial charge is 0.163 e. The Labute approximate surface area is 112 Å². The lowest BCUT2D eigenvalue weighted by molar-refractivity contribution is 0.101. The van der Waals surface area contributed by atoms with Gasteiger partial charge in [-0.1, -0.05) is 0 Å². The van der Waals surface area contributed by atoms with E-state index in [2.05, 4.69) is 0 Å². The van der Waals surface area contributed by atoms with Crippen molar-refractivity contribution in [1.29, 1.82) is 0 Å². The van der Waals surface area contributed by atoms with Gasteiger partial charge in [-0.2, -0.15) is 0 Å². The number of halogens is 1. The second kappa shape index (κ2) is 6.63. The van der Waals surface area contributed by atoms with Crippen molar-refractivity contribution in [3.63, 3.8) is 0 Å². The molecule has 0 aliphatic carbocycles. The van der Waals surface area contributed by atoms with E-state index < -0.39 is 5.82 Å². The third-order valence-electron chi connectivity index (χ3n) is 3.11. The molecule has 19 heavy (non-hydrogen) atoms. The summed E-state index contributed by atoms with van der Waals surface area (Å²) in [5.74, 6) is -1.03. The molecule has 0 fully saturated rings. The first-order valence-corrected chi connectivity index (χ1v) is 6.08. The lowest BCUT2D eigenvalue weighted by atomic mass is 10.0. The molecule has 0 amide bonds. The molecule has 5 heteroatoms. The van der Waals surface area contributed by atoms with Gasteiger partial charge in [0.15, 0.2) is 5.78 Å². The van der Waals surface area contributed by atoms with E-state index in [1.165, 1.54) is 13.0 Å². The summed E-state index contributed by atoms with van der Waals surface area (Å²) in [6.45, 7) is 4.14. The Morgan fingerprint density at radius 2 is 2.16 bits per heavy atom. The number of carbonyl (C=O) groups excluding carboxylic acids is 1. The summed E-state index contributed by atoms with van der Waals surface area (Å²) in [6.07, 6.45) is 0. The number of Topliss-reactive ketones (excluding diaryl/α,β-unsaturated/α-hetero) is 1. The van der Waals surface area contributed by atoms with Gasteiger partial charge in [-0.25, -0.2) is 4.39 Å². The van der Waals surface area contributed by atoms with Crippen molar-refractivity contribution in [1.82, 2.24) is 4.90 Å². The number of benzene rings is 1. The van der Waals surface area contributed by atoms with Crippen LogP contribution in [0.25, 0.3) is 0 Å². The first-order chi connectivity index (χ1) is 8.86. The fraction of sp³-hybridized carbons (Fsp3) is 0.500. The number of phenolic OH excluding ortho intramolecular Hbond substituents is 1. The molecule has 1 aromatic rings. The van der Waals surface area contributed by atoms with Crippen molar-refractivity contribution in [3.05, 3.63) is 29.1 Å². The molecule has 0 spiro atoms. The molecule has 0 bridgehead atoms. The molecule has 0 heterocycles. The molecule has 0 aromatic heterocycles. The van der Waals surface area contributed by atoms with Gasteiger partial charge in [0.05, 0.1) is 12.2 Å². The van der Waals surface area contributed by atoms with E-state index in [4.69, 9.17) is 4.74 Å². The van der Waals surface area contributed by atoms with Crippen LogP contribution in [0.5, 0.6) is 5.75 Å². The molecule has 1 aromatic carbocycles. The highest BCUT2D eigenvalue weighted by Crippen LogP contribution is 2.26. The molecule has 0 saturated heterocycles. The number of rotatable bonds is 6. The van der Waals surface area contributed by atoms with Gasteiger partial charge in [-0.3, -0.25) is 9.69 Å². The Hall–Kier alpha value is -1.46. The third kappa shape index (κ3) is 4.01. The van der Waals surface area contributed by atoms with Crippen molar-refractivity contribution in [2.75, 3.05) is 20.8 Å². The van der Waals surface area contributed by atoms with Gasteiger partial charge in [0.25, 0.3) is 0 Å². The summed E-state index contributed by atoms with van der Waals surface area (Å²) >= 11 is 0. The molecule has 0 aliphatic heterocycles. The number of carbonyl (C=O) groups is 1. The molecule has 1 unspecified atom stereocenters. The minimum absolute atomic E-state index is 0.0165. The number of likely N-dealkylation sites (N-methyl/N-ethyl adjacent to an activating group) is 1. The monoisotopic (exact) mass is 269 g/mol. The highest BCUT2D eigenvalue weighted by Gasteiger charge is 2.17. The Bertz CT molecular complexity index is 462. The number of nitrogens with zero attached hydrogens (tertiary/aromatic N) is 1. The predicted molar refractivity (Wildman–Crippen MR) is 70.9 cm³/mol. The first kappa shape index (κ1) is 15.6. The van der Waals surface area contributed by atoms with Crippen molar-refractivity contribution in [2.45, 2.75) is 26.4 Å².